The standard InChI is InChI=1S/C13H24O3/c1-4-5-6-13-11(7-8-15-3)12(14)9-10(2)16-13/h4,10-14H,1,5-9H2,2-3H3/t10-,11-,12+,13+/m1/s1. The molecule has 0 spiro atoms. The molecule has 1 aliphatic heterocycles. The molecular weight excluding hydrogens is 204 g/mol. The van der Waals surface area contributed by atoms with Crippen molar-refractivity contribution < 1.29 is 14.6 Å². The number of allylic oxidation sites excluding steroid dienone is 1. The Hall–Kier alpha value is -0.380. The summed E-state index contributed by atoms with van der Waals surface area (Å²) in [4.78, 5) is 0. The second kappa shape index (κ2) is 7.05. The molecule has 1 saturated heterocycles. The van der Waals surface area contributed by atoms with Gasteiger partial charge in [-0.2, -0.15) is 0 Å². The molecule has 1 N–H and O–H groups in total. The summed E-state index contributed by atoms with van der Waals surface area (Å²) < 4.78 is 11.0. The third kappa shape index (κ3) is 3.89. The van der Waals surface area contributed by atoms with Crippen molar-refractivity contribution in [2.24, 2.45) is 5.92 Å². The first-order valence-electron chi connectivity index (χ1n) is 6.12. The number of ether oxygens (including phenoxy) is 2. The molecule has 16 heavy (non-hydrogen) atoms. The maximum absolute atomic E-state index is 10.1. The highest BCUT2D eigenvalue weighted by molar-refractivity contribution is 4.85. The lowest BCUT2D eigenvalue weighted by Gasteiger charge is -2.39. The van der Waals surface area contributed by atoms with Crippen LogP contribution in [0.5, 0.6) is 0 Å². The summed E-state index contributed by atoms with van der Waals surface area (Å²) >= 11 is 0. The molecule has 0 amide bonds. The van der Waals surface area contributed by atoms with Gasteiger partial charge in [0.25, 0.3) is 0 Å². The van der Waals surface area contributed by atoms with Gasteiger partial charge >= 0.3 is 0 Å². The fourth-order valence-electron chi connectivity index (χ4n) is 2.41. The van der Waals surface area contributed by atoms with E-state index < -0.39 is 0 Å². The molecule has 1 rings (SSSR count). The second-order valence-electron chi connectivity index (χ2n) is 4.60. The lowest BCUT2D eigenvalue weighted by atomic mass is 9.84. The highest BCUT2D eigenvalue weighted by Crippen LogP contribution is 2.30. The SMILES string of the molecule is C=CCC[C@@H]1O[C@H](C)C[C@H](O)[C@H]1CCOC. The molecule has 1 heterocycles. The molecule has 1 fully saturated rings. The van der Waals surface area contributed by atoms with Gasteiger partial charge < -0.3 is 14.6 Å². The lowest BCUT2D eigenvalue weighted by Crippen LogP contribution is -2.43. The van der Waals surface area contributed by atoms with Gasteiger partial charge in [0.1, 0.15) is 0 Å². The van der Waals surface area contributed by atoms with E-state index in [1.54, 1.807) is 7.11 Å². The van der Waals surface area contributed by atoms with Crippen LogP contribution in [-0.4, -0.2) is 37.1 Å². The Morgan fingerprint density at radius 2 is 2.25 bits per heavy atom. The number of aliphatic hydroxyl groups is 1. The predicted molar refractivity (Wildman–Crippen MR) is 64.4 cm³/mol. The molecule has 0 unspecified atom stereocenters. The molecule has 0 aliphatic carbocycles. The van der Waals surface area contributed by atoms with E-state index in [0.29, 0.717) is 6.61 Å². The van der Waals surface area contributed by atoms with Crippen LogP contribution in [-0.2, 0) is 9.47 Å². The zero-order chi connectivity index (χ0) is 12.0. The quantitative estimate of drug-likeness (QED) is 0.708. The van der Waals surface area contributed by atoms with Crippen molar-refractivity contribution in [3.8, 4) is 0 Å². The Kier molecular flexibility index (Phi) is 6.03. The summed E-state index contributed by atoms with van der Waals surface area (Å²) in [6.07, 6.45) is 5.43. The van der Waals surface area contributed by atoms with Crippen LogP contribution in [0.4, 0.5) is 0 Å². The number of rotatable bonds is 6. The highest BCUT2D eigenvalue weighted by Gasteiger charge is 2.35. The van der Waals surface area contributed by atoms with Crippen molar-refractivity contribution >= 4 is 0 Å². The molecular formula is C13H24O3. The Morgan fingerprint density at radius 3 is 2.88 bits per heavy atom. The summed E-state index contributed by atoms with van der Waals surface area (Å²) in [6, 6.07) is 0. The van der Waals surface area contributed by atoms with Crippen molar-refractivity contribution in [2.75, 3.05) is 13.7 Å². The van der Waals surface area contributed by atoms with Gasteiger partial charge in [0.05, 0.1) is 18.3 Å². The fourth-order valence-corrected chi connectivity index (χ4v) is 2.41. The van der Waals surface area contributed by atoms with E-state index in [-0.39, 0.29) is 24.2 Å². The van der Waals surface area contributed by atoms with Gasteiger partial charge in [-0.1, -0.05) is 6.08 Å². The van der Waals surface area contributed by atoms with Crippen LogP contribution < -0.4 is 0 Å². The lowest BCUT2D eigenvalue weighted by molar-refractivity contribution is -0.136. The Balaban J connectivity index is 2.53. The van der Waals surface area contributed by atoms with Crippen molar-refractivity contribution in [3.05, 3.63) is 12.7 Å². The highest BCUT2D eigenvalue weighted by atomic mass is 16.5. The van der Waals surface area contributed by atoms with E-state index in [9.17, 15) is 5.11 Å². The molecule has 0 saturated carbocycles. The minimum Gasteiger partial charge on any atom is -0.393 e. The molecule has 0 aromatic rings. The Labute approximate surface area is 98.4 Å². The van der Waals surface area contributed by atoms with Crippen LogP contribution in [0.2, 0.25) is 0 Å². The fraction of sp³-hybridized carbons (Fsp3) is 0.846. The third-order valence-electron chi connectivity index (χ3n) is 3.26. The molecule has 4 atom stereocenters. The second-order valence-corrected chi connectivity index (χ2v) is 4.60. The topological polar surface area (TPSA) is 38.7 Å². The number of hydrogen-bond acceptors (Lipinski definition) is 3. The Bertz CT molecular complexity index is 205. The Morgan fingerprint density at radius 1 is 1.50 bits per heavy atom. The van der Waals surface area contributed by atoms with Gasteiger partial charge in [0.15, 0.2) is 0 Å². The van der Waals surface area contributed by atoms with Crippen LogP contribution in [0.3, 0.4) is 0 Å². The van der Waals surface area contributed by atoms with E-state index in [0.717, 1.165) is 25.7 Å². The molecule has 3 heteroatoms. The normalized spacial score (nSPS) is 34.9. The van der Waals surface area contributed by atoms with Crippen LogP contribution in [0.1, 0.15) is 32.6 Å². The van der Waals surface area contributed by atoms with Crippen molar-refractivity contribution in [3.63, 3.8) is 0 Å². The van der Waals surface area contributed by atoms with Crippen molar-refractivity contribution in [1.82, 2.24) is 0 Å². The molecule has 94 valence electrons. The van der Waals surface area contributed by atoms with Crippen LogP contribution >= 0.6 is 0 Å². The van der Waals surface area contributed by atoms with Crippen LogP contribution in [0.25, 0.3) is 0 Å². The molecule has 0 radical (unpaired) electrons. The molecule has 3 nitrogen and oxygen atoms in total. The molecule has 0 aromatic heterocycles. The predicted octanol–water partition coefficient (Wildman–Crippen LogP) is 2.14. The first-order valence-corrected chi connectivity index (χ1v) is 6.12. The maximum atomic E-state index is 10.1. The molecule has 1 aliphatic rings. The summed E-state index contributed by atoms with van der Waals surface area (Å²) in [7, 11) is 1.69. The maximum Gasteiger partial charge on any atom is 0.0635 e. The summed E-state index contributed by atoms with van der Waals surface area (Å²) in [5.74, 6) is 0.205. The van der Waals surface area contributed by atoms with Crippen molar-refractivity contribution in [2.45, 2.75) is 50.9 Å². The van der Waals surface area contributed by atoms with Crippen LogP contribution in [0.15, 0.2) is 12.7 Å². The van der Waals surface area contributed by atoms with Crippen LogP contribution in [0, 0.1) is 5.92 Å². The van der Waals surface area contributed by atoms with Crippen molar-refractivity contribution in [1.29, 1.82) is 0 Å². The smallest absolute Gasteiger partial charge is 0.0635 e. The summed E-state index contributed by atoms with van der Waals surface area (Å²) in [5.41, 5.74) is 0. The van der Waals surface area contributed by atoms with E-state index in [1.165, 1.54) is 0 Å². The van der Waals surface area contributed by atoms with Gasteiger partial charge in [-0.25, -0.2) is 0 Å². The largest absolute Gasteiger partial charge is 0.393 e. The van der Waals surface area contributed by atoms with Gasteiger partial charge in [-0.3, -0.25) is 0 Å². The zero-order valence-corrected chi connectivity index (χ0v) is 10.4. The molecule has 0 aromatic carbocycles. The van der Waals surface area contributed by atoms with Gasteiger partial charge in [-0.05, 0) is 32.6 Å². The van der Waals surface area contributed by atoms with E-state index >= 15 is 0 Å². The summed E-state index contributed by atoms with van der Waals surface area (Å²) in [5, 5.41) is 10.1. The minimum absolute atomic E-state index is 0.145. The monoisotopic (exact) mass is 228 g/mol. The van der Waals surface area contributed by atoms with E-state index in [1.807, 2.05) is 13.0 Å². The first-order chi connectivity index (χ1) is 7.69. The number of hydrogen-bond donors (Lipinski definition) is 1. The first kappa shape index (κ1) is 13.7. The average Bonchev–Trinajstić information content (AvgIpc) is 2.24. The number of methoxy groups -OCH3 is 1. The zero-order valence-electron chi connectivity index (χ0n) is 10.4. The summed E-state index contributed by atoms with van der Waals surface area (Å²) in [6.45, 7) is 6.44. The van der Waals surface area contributed by atoms with Gasteiger partial charge in [0, 0.05) is 19.6 Å². The average molecular weight is 228 g/mol. The van der Waals surface area contributed by atoms with Gasteiger partial charge in [0.2, 0.25) is 0 Å². The van der Waals surface area contributed by atoms with E-state index in [2.05, 4.69) is 6.58 Å². The van der Waals surface area contributed by atoms with E-state index in [4.69, 9.17) is 9.47 Å². The van der Waals surface area contributed by atoms with Gasteiger partial charge in [-0.15, -0.1) is 6.58 Å². The minimum atomic E-state index is -0.256. The third-order valence-corrected chi connectivity index (χ3v) is 3.26. The molecule has 0 bridgehead atoms. The number of aliphatic hydroxyl groups excluding tert-OH is 1.